The summed E-state index contributed by atoms with van der Waals surface area (Å²) in [5.74, 6) is -1.29. The van der Waals surface area contributed by atoms with Crippen LogP contribution in [0.4, 0.5) is 10.5 Å². The van der Waals surface area contributed by atoms with Crippen molar-refractivity contribution < 1.29 is 34.4 Å². The highest BCUT2D eigenvalue weighted by Crippen LogP contribution is 2.51. The van der Waals surface area contributed by atoms with E-state index in [2.05, 4.69) is 16.0 Å². The summed E-state index contributed by atoms with van der Waals surface area (Å²) in [6.45, 7) is 5.58. The second-order valence-electron chi connectivity index (χ2n) is 9.70. The van der Waals surface area contributed by atoms with E-state index in [1.807, 2.05) is 0 Å². The molecule has 1 aliphatic heterocycles. The molecule has 2 aromatic rings. The van der Waals surface area contributed by atoms with Crippen LogP contribution in [0.1, 0.15) is 53.5 Å². The normalized spacial score (nSPS) is 30.8. The maximum atomic E-state index is 12.9. The molecule has 192 valence electrons. The molecule has 0 aromatic heterocycles. The zero-order valence-corrected chi connectivity index (χ0v) is 20.6. The zero-order chi connectivity index (χ0) is 26.5. The maximum Gasteiger partial charge on any atom is 0.342 e. The number of nitrogens with one attached hydrogen (secondary N) is 3. The van der Waals surface area contributed by atoms with E-state index < -0.39 is 47.4 Å². The number of ether oxygens (including phenoxy) is 1. The number of amides is 2. The van der Waals surface area contributed by atoms with Crippen molar-refractivity contribution in [2.75, 3.05) is 11.9 Å². The number of fused-ring (bicyclic) bond motifs is 1. The van der Waals surface area contributed by atoms with Crippen LogP contribution in [0.25, 0.3) is 0 Å². The van der Waals surface area contributed by atoms with Gasteiger partial charge in [-0.15, -0.1) is 0 Å². The molecule has 1 saturated carbocycles. The predicted molar refractivity (Wildman–Crippen MR) is 131 cm³/mol. The second-order valence-corrected chi connectivity index (χ2v) is 9.70. The number of anilines is 1. The minimum Gasteiger partial charge on any atom is -0.507 e. The topological polar surface area (TPSA) is 157 Å². The van der Waals surface area contributed by atoms with Crippen LogP contribution in [-0.4, -0.2) is 68.5 Å². The van der Waals surface area contributed by atoms with Crippen LogP contribution >= 0.6 is 0 Å². The van der Waals surface area contributed by atoms with Gasteiger partial charge < -0.3 is 36.0 Å². The van der Waals surface area contributed by atoms with Gasteiger partial charge in [-0.2, -0.15) is 0 Å². The number of ketones is 1. The SMILES string of the molecule is CCC12NC(=O)NC1C(Nc1cccc(C(C)=O)c1)C(O)(COC(=O)c1c(C)cccc1O)C2(C)O. The fourth-order valence-corrected chi connectivity index (χ4v) is 5.60. The summed E-state index contributed by atoms with van der Waals surface area (Å²) >= 11 is 0. The molecule has 10 nitrogen and oxygen atoms in total. The van der Waals surface area contributed by atoms with Gasteiger partial charge in [-0.25, -0.2) is 9.59 Å². The summed E-state index contributed by atoms with van der Waals surface area (Å²) in [5.41, 5.74) is -4.03. The van der Waals surface area contributed by atoms with Gasteiger partial charge in [0.15, 0.2) is 11.4 Å². The van der Waals surface area contributed by atoms with Gasteiger partial charge in [0.05, 0.1) is 17.6 Å². The van der Waals surface area contributed by atoms with Gasteiger partial charge in [0.25, 0.3) is 0 Å². The third kappa shape index (κ3) is 3.68. The van der Waals surface area contributed by atoms with Crippen molar-refractivity contribution in [3.8, 4) is 5.75 Å². The van der Waals surface area contributed by atoms with Crippen LogP contribution in [0.15, 0.2) is 42.5 Å². The first-order valence-electron chi connectivity index (χ1n) is 11.7. The third-order valence-electron chi connectivity index (χ3n) is 7.74. The summed E-state index contributed by atoms with van der Waals surface area (Å²) in [5, 5.41) is 42.7. The van der Waals surface area contributed by atoms with Gasteiger partial charge in [0.2, 0.25) is 0 Å². The number of carbonyl (C=O) groups is 3. The molecule has 1 saturated heterocycles. The van der Waals surface area contributed by atoms with Crippen LogP contribution in [0.5, 0.6) is 5.75 Å². The minimum atomic E-state index is -2.10. The average molecular weight is 498 g/mol. The van der Waals surface area contributed by atoms with Crippen LogP contribution in [0.2, 0.25) is 0 Å². The second kappa shape index (κ2) is 8.79. The van der Waals surface area contributed by atoms with E-state index in [-0.39, 0.29) is 23.5 Å². The molecular weight excluding hydrogens is 466 g/mol. The van der Waals surface area contributed by atoms with Gasteiger partial charge >= 0.3 is 12.0 Å². The number of phenolic OH excluding ortho intramolecular Hbond substituents is 1. The molecule has 2 aromatic carbocycles. The number of aliphatic hydroxyl groups is 2. The predicted octanol–water partition coefficient (Wildman–Crippen LogP) is 1.87. The van der Waals surface area contributed by atoms with E-state index in [1.165, 1.54) is 19.9 Å². The number of aromatic hydroxyl groups is 1. The minimum absolute atomic E-state index is 0.0470. The van der Waals surface area contributed by atoms with Crippen molar-refractivity contribution in [2.45, 2.75) is 62.9 Å². The van der Waals surface area contributed by atoms with Gasteiger partial charge in [-0.3, -0.25) is 4.79 Å². The van der Waals surface area contributed by atoms with E-state index in [0.29, 0.717) is 16.8 Å². The van der Waals surface area contributed by atoms with Gasteiger partial charge in [0.1, 0.15) is 23.5 Å². The molecule has 1 aliphatic carbocycles. The van der Waals surface area contributed by atoms with Crippen molar-refractivity contribution >= 4 is 23.5 Å². The molecule has 0 radical (unpaired) electrons. The van der Waals surface area contributed by atoms with Crippen molar-refractivity contribution in [3.63, 3.8) is 0 Å². The van der Waals surface area contributed by atoms with E-state index in [4.69, 9.17) is 4.74 Å². The number of aryl methyl sites for hydroxylation is 1. The Labute approximate surface area is 208 Å². The lowest BCUT2D eigenvalue weighted by Gasteiger charge is -2.44. The molecule has 0 bridgehead atoms. The smallest absolute Gasteiger partial charge is 0.342 e. The van der Waals surface area contributed by atoms with Crippen LogP contribution in [-0.2, 0) is 4.74 Å². The number of esters is 1. The molecule has 5 unspecified atom stereocenters. The van der Waals surface area contributed by atoms with Gasteiger partial charge in [-0.05, 0) is 51.0 Å². The summed E-state index contributed by atoms with van der Waals surface area (Å²) < 4.78 is 5.48. The van der Waals surface area contributed by atoms with E-state index in [0.717, 1.165) is 0 Å². The fraction of sp³-hybridized carbons (Fsp3) is 0.423. The quantitative estimate of drug-likeness (QED) is 0.250. The fourth-order valence-electron chi connectivity index (χ4n) is 5.60. The van der Waals surface area contributed by atoms with Crippen molar-refractivity contribution in [2.24, 2.45) is 0 Å². The Balaban J connectivity index is 1.73. The molecule has 2 aliphatic rings. The third-order valence-corrected chi connectivity index (χ3v) is 7.74. The molecule has 10 heteroatoms. The van der Waals surface area contributed by atoms with Crippen molar-refractivity contribution in [1.29, 1.82) is 0 Å². The zero-order valence-electron chi connectivity index (χ0n) is 20.6. The lowest BCUT2D eigenvalue weighted by molar-refractivity contribution is -0.171. The first kappa shape index (κ1) is 25.5. The molecule has 36 heavy (non-hydrogen) atoms. The highest BCUT2D eigenvalue weighted by atomic mass is 16.5. The summed E-state index contributed by atoms with van der Waals surface area (Å²) in [4.78, 5) is 37.2. The Kier molecular flexibility index (Phi) is 6.22. The first-order chi connectivity index (χ1) is 16.9. The Morgan fingerprint density at radius 1 is 1.17 bits per heavy atom. The Bertz CT molecular complexity index is 1210. The Hall–Kier alpha value is -3.63. The molecule has 4 rings (SSSR count). The molecule has 1 heterocycles. The van der Waals surface area contributed by atoms with Crippen molar-refractivity contribution in [1.82, 2.24) is 10.6 Å². The number of urea groups is 1. The van der Waals surface area contributed by atoms with Crippen LogP contribution in [0.3, 0.4) is 0 Å². The maximum absolute atomic E-state index is 12.9. The number of carbonyl (C=O) groups excluding carboxylic acids is 3. The monoisotopic (exact) mass is 497 g/mol. The number of phenols is 1. The van der Waals surface area contributed by atoms with Gasteiger partial charge in [0, 0.05) is 11.3 Å². The lowest BCUT2D eigenvalue weighted by Crippen LogP contribution is -2.68. The number of hydrogen-bond donors (Lipinski definition) is 6. The van der Waals surface area contributed by atoms with E-state index >= 15 is 0 Å². The first-order valence-corrected chi connectivity index (χ1v) is 11.7. The van der Waals surface area contributed by atoms with E-state index in [1.54, 1.807) is 50.2 Å². The standard InChI is InChI=1S/C26H31N3O7/c1-5-25-20(28-23(33)29-25)21(27-17-10-7-9-16(12-17)15(3)30)26(35,24(25,4)34)13-36-22(32)19-14(2)8-6-11-18(19)31/h6-12,20-21,27,31,34-35H,5,13H2,1-4H3,(H2,28,29,33). The summed E-state index contributed by atoms with van der Waals surface area (Å²) in [6, 6.07) is 8.85. The number of rotatable bonds is 7. The average Bonchev–Trinajstić information content (AvgIpc) is 3.23. The highest BCUT2D eigenvalue weighted by Gasteiger charge is 2.77. The lowest BCUT2D eigenvalue weighted by atomic mass is 9.75. The van der Waals surface area contributed by atoms with Crippen LogP contribution in [0, 0.1) is 6.92 Å². The Morgan fingerprint density at radius 2 is 1.86 bits per heavy atom. The van der Waals surface area contributed by atoms with Crippen molar-refractivity contribution in [3.05, 3.63) is 59.2 Å². The molecule has 0 spiro atoms. The number of hydrogen-bond acceptors (Lipinski definition) is 8. The summed E-state index contributed by atoms with van der Waals surface area (Å²) in [6.07, 6.45) is 0.254. The Morgan fingerprint density at radius 3 is 2.50 bits per heavy atom. The van der Waals surface area contributed by atoms with E-state index in [9.17, 15) is 29.7 Å². The molecule has 5 atom stereocenters. The van der Waals surface area contributed by atoms with Gasteiger partial charge in [-0.1, -0.05) is 31.2 Å². The molecule has 6 N–H and O–H groups in total. The van der Waals surface area contributed by atoms with Crippen LogP contribution < -0.4 is 16.0 Å². The molecular formula is C26H31N3O7. The number of benzene rings is 2. The molecule has 2 amide bonds. The number of Topliss-reactive ketones (excluding diaryl/α,β-unsaturated/α-hetero) is 1. The molecule has 2 fully saturated rings. The summed E-state index contributed by atoms with van der Waals surface area (Å²) in [7, 11) is 0. The highest BCUT2D eigenvalue weighted by molar-refractivity contribution is 5.95. The largest absolute Gasteiger partial charge is 0.507 e.